The summed E-state index contributed by atoms with van der Waals surface area (Å²) in [6, 6.07) is 13.0. The van der Waals surface area contributed by atoms with Crippen LogP contribution in [0.5, 0.6) is 0 Å². The molecular formula is C12H13Cl3N2. The van der Waals surface area contributed by atoms with E-state index in [0.717, 1.165) is 11.1 Å². The first-order chi connectivity index (χ1) is 7.16. The Balaban J connectivity index is 0.00000128. The summed E-state index contributed by atoms with van der Waals surface area (Å²) in [4.78, 5) is 0. The molecule has 2 rings (SSSR count). The molecule has 4 N–H and O–H groups in total. The number of benzene rings is 2. The molecule has 0 aliphatic carbocycles. The smallest absolute Gasteiger partial charge is 0.0412 e. The Morgan fingerprint density at radius 1 is 0.882 bits per heavy atom. The van der Waals surface area contributed by atoms with Gasteiger partial charge in [-0.1, -0.05) is 23.7 Å². The summed E-state index contributed by atoms with van der Waals surface area (Å²) in [6.45, 7) is 0. The summed E-state index contributed by atoms with van der Waals surface area (Å²) in [5.74, 6) is 0. The monoisotopic (exact) mass is 290 g/mol. The van der Waals surface area contributed by atoms with Gasteiger partial charge >= 0.3 is 0 Å². The van der Waals surface area contributed by atoms with Gasteiger partial charge in [-0.05, 0) is 35.9 Å². The Morgan fingerprint density at radius 2 is 1.59 bits per heavy atom. The molecule has 2 aromatic carbocycles. The highest BCUT2D eigenvalue weighted by atomic mass is 35.5. The predicted molar refractivity (Wildman–Crippen MR) is 80.2 cm³/mol. The summed E-state index contributed by atoms with van der Waals surface area (Å²) in [5, 5.41) is 0.689. The molecule has 0 aliphatic rings. The lowest BCUT2D eigenvalue weighted by molar-refractivity contribution is 1.60. The highest BCUT2D eigenvalue weighted by molar-refractivity contribution is 6.30. The summed E-state index contributed by atoms with van der Waals surface area (Å²) < 4.78 is 0. The van der Waals surface area contributed by atoms with Crippen LogP contribution >= 0.6 is 36.4 Å². The molecule has 0 aromatic heterocycles. The largest absolute Gasteiger partial charge is 0.399 e. The zero-order valence-electron chi connectivity index (χ0n) is 8.89. The van der Waals surface area contributed by atoms with Gasteiger partial charge in [0.05, 0.1) is 0 Å². The van der Waals surface area contributed by atoms with E-state index in [9.17, 15) is 0 Å². The Hall–Kier alpha value is -1.09. The Bertz CT molecular complexity index is 501. The van der Waals surface area contributed by atoms with E-state index in [2.05, 4.69) is 0 Å². The Morgan fingerprint density at radius 3 is 2.24 bits per heavy atom. The first-order valence-electron chi connectivity index (χ1n) is 4.58. The average molecular weight is 292 g/mol. The summed E-state index contributed by atoms with van der Waals surface area (Å²) in [6.07, 6.45) is 0. The van der Waals surface area contributed by atoms with E-state index in [1.807, 2.05) is 30.3 Å². The van der Waals surface area contributed by atoms with Crippen LogP contribution < -0.4 is 11.5 Å². The van der Waals surface area contributed by atoms with Gasteiger partial charge in [-0.3, -0.25) is 0 Å². The SMILES string of the molecule is Cl.Cl.Nc1ccc(N)c(-c2cccc(Cl)c2)c1. The van der Waals surface area contributed by atoms with Gasteiger partial charge in [0, 0.05) is 22.0 Å². The second-order valence-electron chi connectivity index (χ2n) is 3.36. The molecule has 0 unspecified atom stereocenters. The van der Waals surface area contributed by atoms with E-state index < -0.39 is 0 Å². The van der Waals surface area contributed by atoms with Crippen molar-refractivity contribution in [1.82, 2.24) is 0 Å². The van der Waals surface area contributed by atoms with Crippen LogP contribution in [0.2, 0.25) is 5.02 Å². The third kappa shape index (κ3) is 3.70. The molecule has 0 fully saturated rings. The summed E-state index contributed by atoms with van der Waals surface area (Å²) >= 11 is 5.91. The van der Waals surface area contributed by atoms with Crippen molar-refractivity contribution in [2.75, 3.05) is 11.5 Å². The molecule has 17 heavy (non-hydrogen) atoms. The minimum atomic E-state index is 0. The predicted octanol–water partition coefficient (Wildman–Crippen LogP) is 4.02. The lowest BCUT2D eigenvalue weighted by atomic mass is 10.0. The number of nitrogen functional groups attached to an aromatic ring is 2. The normalized spacial score (nSPS) is 9.00. The number of hydrogen-bond acceptors (Lipinski definition) is 2. The highest BCUT2D eigenvalue weighted by Gasteiger charge is 2.03. The van der Waals surface area contributed by atoms with Gasteiger partial charge in [-0.15, -0.1) is 24.8 Å². The molecule has 2 aromatic rings. The molecule has 0 heterocycles. The maximum Gasteiger partial charge on any atom is 0.0412 e. The molecule has 0 bridgehead atoms. The fraction of sp³-hybridized carbons (Fsp3) is 0. The number of rotatable bonds is 1. The van der Waals surface area contributed by atoms with E-state index in [1.54, 1.807) is 12.1 Å². The molecular weight excluding hydrogens is 279 g/mol. The molecule has 0 amide bonds. The van der Waals surface area contributed by atoms with Crippen molar-refractivity contribution in [3.63, 3.8) is 0 Å². The first kappa shape index (κ1) is 15.9. The third-order valence-corrected chi connectivity index (χ3v) is 2.45. The van der Waals surface area contributed by atoms with Gasteiger partial charge in [0.1, 0.15) is 0 Å². The van der Waals surface area contributed by atoms with Gasteiger partial charge in [0.2, 0.25) is 0 Å². The topological polar surface area (TPSA) is 52.0 Å². The van der Waals surface area contributed by atoms with Gasteiger partial charge in [-0.2, -0.15) is 0 Å². The van der Waals surface area contributed by atoms with Crippen LogP contribution in [0.1, 0.15) is 0 Å². The second-order valence-corrected chi connectivity index (χ2v) is 3.79. The minimum absolute atomic E-state index is 0. The van der Waals surface area contributed by atoms with E-state index in [0.29, 0.717) is 16.4 Å². The molecule has 5 heteroatoms. The quantitative estimate of drug-likeness (QED) is 0.780. The van der Waals surface area contributed by atoms with Crippen LogP contribution in [-0.2, 0) is 0 Å². The van der Waals surface area contributed by atoms with E-state index in [4.69, 9.17) is 23.1 Å². The second kappa shape index (κ2) is 6.60. The van der Waals surface area contributed by atoms with Crippen molar-refractivity contribution in [1.29, 1.82) is 0 Å². The number of anilines is 2. The first-order valence-corrected chi connectivity index (χ1v) is 4.95. The van der Waals surface area contributed by atoms with Crippen molar-refractivity contribution in [2.45, 2.75) is 0 Å². The van der Waals surface area contributed by atoms with Gasteiger partial charge < -0.3 is 11.5 Å². The van der Waals surface area contributed by atoms with Crippen molar-refractivity contribution in [2.24, 2.45) is 0 Å². The summed E-state index contributed by atoms with van der Waals surface area (Å²) in [7, 11) is 0. The van der Waals surface area contributed by atoms with E-state index in [1.165, 1.54) is 0 Å². The number of hydrogen-bond donors (Lipinski definition) is 2. The van der Waals surface area contributed by atoms with Crippen LogP contribution in [0, 0.1) is 0 Å². The maximum atomic E-state index is 5.91. The molecule has 0 atom stereocenters. The van der Waals surface area contributed by atoms with E-state index >= 15 is 0 Å². The zero-order chi connectivity index (χ0) is 10.8. The van der Waals surface area contributed by atoms with Crippen molar-refractivity contribution < 1.29 is 0 Å². The van der Waals surface area contributed by atoms with Crippen LogP contribution in [0.25, 0.3) is 11.1 Å². The van der Waals surface area contributed by atoms with Crippen LogP contribution in [-0.4, -0.2) is 0 Å². The molecule has 2 nitrogen and oxygen atoms in total. The van der Waals surface area contributed by atoms with E-state index in [-0.39, 0.29) is 24.8 Å². The fourth-order valence-electron chi connectivity index (χ4n) is 1.48. The number of nitrogens with two attached hydrogens (primary N) is 2. The van der Waals surface area contributed by atoms with Crippen molar-refractivity contribution in [3.8, 4) is 11.1 Å². The van der Waals surface area contributed by atoms with Crippen LogP contribution in [0.15, 0.2) is 42.5 Å². The number of halogens is 3. The molecule has 0 saturated heterocycles. The maximum absolute atomic E-state index is 5.91. The highest BCUT2D eigenvalue weighted by Crippen LogP contribution is 2.29. The Kier molecular flexibility index (Phi) is 6.18. The van der Waals surface area contributed by atoms with Crippen molar-refractivity contribution in [3.05, 3.63) is 47.5 Å². The Labute approximate surface area is 118 Å². The fourth-order valence-corrected chi connectivity index (χ4v) is 1.67. The van der Waals surface area contributed by atoms with Crippen LogP contribution in [0.4, 0.5) is 11.4 Å². The van der Waals surface area contributed by atoms with Crippen molar-refractivity contribution >= 4 is 47.8 Å². The third-order valence-electron chi connectivity index (χ3n) is 2.21. The minimum Gasteiger partial charge on any atom is -0.399 e. The molecule has 0 spiro atoms. The zero-order valence-corrected chi connectivity index (χ0v) is 11.3. The molecule has 92 valence electrons. The molecule has 0 radical (unpaired) electrons. The summed E-state index contributed by atoms with van der Waals surface area (Å²) in [5.41, 5.74) is 14.9. The lowest BCUT2D eigenvalue weighted by Gasteiger charge is -2.07. The molecule has 0 saturated carbocycles. The average Bonchev–Trinajstić information content (AvgIpc) is 2.22. The standard InChI is InChI=1S/C12H11ClN2.2ClH/c13-9-3-1-2-8(6-9)11-7-10(14)4-5-12(11)15;;/h1-7H,14-15H2;2*1H. The lowest BCUT2D eigenvalue weighted by Crippen LogP contribution is -1.92. The van der Waals surface area contributed by atoms with Crippen LogP contribution in [0.3, 0.4) is 0 Å². The molecule has 0 aliphatic heterocycles. The van der Waals surface area contributed by atoms with Gasteiger partial charge in [0.25, 0.3) is 0 Å². The van der Waals surface area contributed by atoms with Gasteiger partial charge in [-0.25, -0.2) is 0 Å². The van der Waals surface area contributed by atoms with Gasteiger partial charge in [0.15, 0.2) is 0 Å².